The highest BCUT2D eigenvalue weighted by Gasteiger charge is 2.10. The molecule has 2 nitrogen and oxygen atoms in total. The highest BCUT2D eigenvalue weighted by Crippen LogP contribution is 2.35. The number of rotatable bonds is 5. The molecule has 1 heterocycles. The number of aromatic nitrogens is 1. The topological polar surface area (TPSA) is 24.9 Å². The molecular weight excluding hydrogens is 311 g/mol. The summed E-state index contributed by atoms with van der Waals surface area (Å²) in [6.07, 6.45) is 1.01. The zero-order valence-corrected chi connectivity index (χ0v) is 13.7. The normalized spacial score (nSPS) is 10.6. The molecule has 0 saturated heterocycles. The molecule has 2 aromatic rings. The number of hydrogen-bond acceptors (Lipinski definition) is 3. The van der Waals surface area contributed by atoms with Crippen LogP contribution in [0.2, 0.25) is 10.0 Å². The lowest BCUT2D eigenvalue weighted by Crippen LogP contribution is -2.03. The molecule has 0 fully saturated rings. The summed E-state index contributed by atoms with van der Waals surface area (Å²) in [5.41, 5.74) is 1.21. The first-order valence-corrected chi connectivity index (χ1v) is 8.02. The molecule has 1 aromatic carbocycles. The van der Waals surface area contributed by atoms with Crippen LogP contribution in [0.1, 0.15) is 18.9 Å². The van der Waals surface area contributed by atoms with E-state index in [0.717, 1.165) is 22.9 Å². The third-order valence-corrected chi connectivity index (χ3v) is 4.33. The Labute approximate surface area is 133 Å². The van der Waals surface area contributed by atoms with E-state index in [4.69, 9.17) is 23.2 Å². The van der Waals surface area contributed by atoms with Crippen molar-refractivity contribution in [3.63, 3.8) is 0 Å². The Hall–Kier alpha value is -0.900. The number of benzene rings is 1. The summed E-state index contributed by atoms with van der Waals surface area (Å²) in [7, 11) is 0. The van der Waals surface area contributed by atoms with Crippen LogP contribution >= 0.6 is 35.0 Å². The minimum Gasteiger partial charge on any atom is -0.369 e. The fourth-order valence-electron chi connectivity index (χ4n) is 1.68. The predicted octanol–water partition coefficient (Wildman–Crippen LogP) is 5.67. The van der Waals surface area contributed by atoms with Gasteiger partial charge in [0.05, 0.1) is 10.0 Å². The Morgan fingerprint density at radius 3 is 2.70 bits per heavy atom. The summed E-state index contributed by atoms with van der Waals surface area (Å²) in [6, 6.07) is 9.99. The average molecular weight is 327 g/mol. The molecule has 0 bridgehead atoms. The maximum absolute atomic E-state index is 6.23. The summed E-state index contributed by atoms with van der Waals surface area (Å²) in [6.45, 7) is 5.00. The molecule has 1 aromatic heterocycles. The molecule has 0 radical (unpaired) electrons. The van der Waals surface area contributed by atoms with Crippen molar-refractivity contribution in [3.8, 4) is 0 Å². The highest BCUT2D eigenvalue weighted by atomic mass is 35.5. The number of anilines is 1. The Kier molecular flexibility index (Phi) is 5.58. The van der Waals surface area contributed by atoms with Crippen LogP contribution in [0.3, 0.4) is 0 Å². The van der Waals surface area contributed by atoms with E-state index in [1.807, 2.05) is 12.1 Å². The van der Waals surface area contributed by atoms with Crippen LogP contribution in [0.4, 0.5) is 5.82 Å². The molecule has 0 unspecified atom stereocenters. The molecule has 0 spiro atoms. The molecule has 0 saturated carbocycles. The van der Waals surface area contributed by atoms with Crippen molar-refractivity contribution < 1.29 is 0 Å². The quantitative estimate of drug-likeness (QED) is 0.766. The SMILES string of the molecule is CCCNc1nc(Sc2cccc(C)c2)c(Cl)cc1Cl. The van der Waals surface area contributed by atoms with Crippen molar-refractivity contribution >= 4 is 40.8 Å². The number of hydrogen-bond donors (Lipinski definition) is 1. The Bertz CT molecular complexity index is 602. The van der Waals surface area contributed by atoms with Crippen molar-refractivity contribution in [1.82, 2.24) is 4.98 Å². The van der Waals surface area contributed by atoms with Crippen molar-refractivity contribution in [3.05, 3.63) is 45.9 Å². The molecule has 106 valence electrons. The van der Waals surface area contributed by atoms with Gasteiger partial charge in [-0.15, -0.1) is 0 Å². The van der Waals surface area contributed by atoms with Gasteiger partial charge in [-0.1, -0.05) is 59.6 Å². The zero-order chi connectivity index (χ0) is 14.5. The van der Waals surface area contributed by atoms with E-state index < -0.39 is 0 Å². The second-order valence-electron chi connectivity index (χ2n) is 4.45. The number of halogens is 2. The second kappa shape index (κ2) is 7.21. The van der Waals surface area contributed by atoms with Crippen molar-refractivity contribution in [2.75, 3.05) is 11.9 Å². The number of nitrogens with one attached hydrogen (secondary N) is 1. The van der Waals surface area contributed by atoms with Crippen LogP contribution in [0, 0.1) is 6.92 Å². The third kappa shape index (κ3) is 4.05. The first kappa shape index (κ1) is 15.5. The van der Waals surface area contributed by atoms with Gasteiger partial charge in [-0.05, 0) is 31.5 Å². The molecular formula is C15H16Cl2N2S. The van der Waals surface area contributed by atoms with E-state index in [9.17, 15) is 0 Å². The van der Waals surface area contributed by atoms with Gasteiger partial charge >= 0.3 is 0 Å². The fourth-order valence-corrected chi connectivity index (χ4v) is 3.13. The third-order valence-electron chi connectivity index (χ3n) is 2.64. The van der Waals surface area contributed by atoms with E-state index in [-0.39, 0.29) is 0 Å². The summed E-state index contributed by atoms with van der Waals surface area (Å²) >= 11 is 13.9. The van der Waals surface area contributed by atoms with Crippen LogP contribution in [-0.2, 0) is 0 Å². The van der Waals surface area contributed by atoms with Gasteiger partial charge < -0.3 is 5.32 Å². The zero-order valence-electron chi connectivity index (χ0n) is 11.4. The second-order valence-corrected chi connectivity index (χ2v) is 6.33. The Morgan fingerprint density at radius 2 is 2.00 bits per heavy atom. The van der Waals surface area contributed by atoms with Crippen LogP contribution in [0.15, 0.2) is 40.3 Å². The van der Waals surface area contributed by atoms with Gasteiger partial charge in [0.2, 0.25) is 0 Å². The van der Waals surface area contributed by atoms with Gasteiger partial charge in [-0.25, -0.2) is 4.98 Å². The molecule has 2 rings (SSSR count). The van der Waals surface area contributed by atoms with E-state index in [1.165, 1.54) is 5.56 Å². The fraction of sp³-hybridized carbons (Fsp3) is 0.267. The lowest BCUT2D eigenvalue weighted by Gasteiger charge is -2.10. The molecule has 0 amide bonds. The van der Waals surface area contributed by atoms with Crippen LogP contribution < -0.4 is 5.32 Å². The number of nitrogens with zero attached hydrogens (tertiary/aromatic N) is 1. The van der Waals surface area contributed by atoms with E-state index in [2.05, 4.69) is 36.3 Å². The maximum Gasteiger partial charge on any atom is 0.146 e. The van der Waals surface area contributed by atoms with E-state index in [1.54, 1.807) is 17.8 Å². The molecule has 20 heavy (non-hydrogen) atoms. The van der Waals surface area contributed by atoms with Crippen molar-refractivity contribution in [1.29, 1.82) is 0 Å². The Morgan fingerprint density at radius 1 is 1.20 bits per heavy atom. The van der Waals surface area contributed by atoms with Crippen LogP contribution in [0.25, 0.3) is 0 Å². The molecule has 5 heteroatoms. The monoisotopic (exact) mass is 326 g/mol. The minimum absolute atomic E-state index is 0.553. The first-order chi connectivity index (χ1) is 9.60. The van der Waals surface area contributed by atoms with Crippen molar-refractivity contribution in [2.24, 2.45) is 0 Å². The maximum atomic E-state index is 6.23. The minimum atomic E-state index is 0.553. The molecule has 0 aliphatic rings. The van der Waals surface area contributed by atoms with Gasteiger partial charge in [0.15, 0.2) is 0 Å². The average Bonchev–Trinajstić information content (AvgIpc) is 2.40. The number of aryl methyl sites for hydroxylation is 1. The summed E-state index contributed by atoms with van der Waals surface area (Å²) < 4.78 is 0. The molecule has 1 N–H and O–H groups in total. The van der Waals surface area contributed by atoms with Gasteiger partial charge in [-0.3, -0.25) is 0 Å². The van der Waals surface area contributed by atoms with Crippen molar-refractivity contribution in [2.45, 2.75) is 30.2 Å². The highest BCUT2D eigenvalue weighted by molar-refractivity contribution is 7.99. The molecule has 0 atom stereocenters. The first-order valence-electron chi connectivity index (χ1n) is 6.44. The number of pyridine rings is 1. The standard InChI is InChI=1S/C15H16Cl2N2S/c1-3-7-18-14-12(16)9-13(17)15(19-14)20-11-6-4-5-10(2)8-11/h4-6,8-9H,3,7H2,1-2H3,(H,18,19). The van der Waals surface area contributed by atoms with Gasteiger partial charge in [0.1, 0.15) is 10.8 Å². The lowest BCUT2D eigenvalue weighted by molar-refractivity contribution is 0.960. The van der Waals surface area contributed by atoms with Gasteiger partial charge in [-0.2, -0.15) is 0 Å². The largest absolute Gasteiger partial charge is 0.369 e. The molecule has 0 aliphatic heterocycles. The summed E-state index contributed by atoms with van der Waals surface area (Å²) in [4.78, 5) is 5.64. The Balaban J connectivity index is 2.26. The molecule has 0 aliphatic carbocycles. The summed E-state index contributed by atoms with van der Waals surface area (Å²) in [5, 5.41) is 5.10. The van der Waals surface area contributed by atoms with E-state index >= 15 is 0 Å². The van der Waals surface area contributed by atoms with Gasteiger partial charge in [0.25, 0.3) is 0 Å². The van der Waals surface area contributed by atoms with Gasteiger partial charge in [0, 0.05) is 11.4 Å². The van der Waals surface area contributed by atoms with Crippen LogP contribution in [0.5, 0.6) is 0 Å². The predicted molar refractivity (Wildman–Crippen MR) is 88.3 cm³/mol. The lowest BCUT2D eigenvalue weighted by atomic mass is 10.2. The summed E-state index contributed by atoms with van der Waals surface area (Å²) in [5.74, 6) is 0.688. The van der Waals surface area contributed by atoms with E-state index in [0.29, 0.717) is 15.9 Å². The van der Waals surface area contributed by atoms with Crippen LogP contribution in [-0.4, -0.2) is 11.5 Å². The smallest absolute Gasteiger partial charge is 0.146 e.